The standard InChI is InChI=1S/C36H28N6O6S2/c43-33(25-19-49-31(39-25)21-7-5-13-37-15-21)41-17-29(23-9-1-3-11-27(23)41)47-35(45)36(46)48-30-18-42(28-12-4-2-10-24(28)30)34(44)26-20-50-32(40-26)22-8-6-14-38-16-22/h1-18,25-26,31-32,39-40H,19-20H2. The largest absolute Gasteiger partial charge is 0.423 e. The van der Waals surface area contributed by atoms with E-state index in [0.29, 0.717) is 33.3 Å². The minimum atomic E-state index is -1.28. The maximum Gasteiger partial charge on any atom is 0.423 e. The summed E-state index contributed by atoms with van der Waals surface area (Å²) >= 11 is 3.21. The summed E-state index contributed by atoms with van der Waals surface area (Å²) in [6.45, 7) is 0. The highest BCUT2D eigenvalue weighted by molar-refractivity contribution is 8.00. The van der Waals surface area contributed by atoms with Crippen molar-refractivity contribution in [3.05, 3.63) is 121 Å². The zero-order valence-corrected chi connectivity index (χ0v) is 27.8. The first-order valence-electron chi connectivity index (χ1n) is 15.7. The molecule has 2 fully saturated rings. The van der Waals surface area contributed by atoms with Gasteiger partial charge >= 0.3 is 11.9 Å². The van der Waals surface area contributed by atoms with Crippen molar-refractivity contribution in [1.29, 1.82) is 0 Å². The first-order chi connectivity index (χ1) is 24.4. The summed E-state index contributed by atoms with van der Waals surface area (Å²) in [7, 11) is 0. The molecule has 6 heterocycles. The van der Waals surface area contributed by atoms with Crippen molar-refractivity contribution in [3.63, 3.8) is 0 Å². The lowest BCUT2D eigenvalue weighted by Gasteiger charge is -2.13. The average molecular weight is 705 g/mol. The number of para-hydroxylation sites is 2. The number of ether oxygens (including phenoxy) is 2. The van der Waals surface area contributed by atoms with Gasteiger partial charge in [0.05, 0.1) is 46.3 Å². The van der Waals surface area contributed by atoms with Crippen LogP contribution in [0.15, 0.2) is 110 Å². The number of nitrogens with one attached hydrogen (secondary N) is 2. The molecule has 6 aromatic rings. The highest BCUT2D eigenvalue weighted by Gasteiger charge is 2.35. The molecule has 14 heteroatoms. The number of pyridine rings is 2. The van der Waals surface area contributed by atoms with E-state index in [4.69, 9.17) is 9.47 Å². The fourth-order valence-electron chi connectivity index (χ4n) is 6.12. The maximum atomic E-state index is 13.7. The number of hydrogen-bond donors (Lipinski definition) is 2. The van der Waals surface area contributed by atoms with Gasteiger partial charge in [0.25, 0.3) is 0 Å². The quantitative estimate of drug-likeness (QED) is 0.178. The molecule has 8 rings (SSSR count). The van der Waals surface area contributed by atoms with Gasteiger partial charge in [0.2, 0.25) is 11.8 Å². The summed E-state index contributed by atoms with van der Waals surface area (Å²) in [5, 5.41) is 7.48. The molecule has 0 aliphatic carbocycles. The van der Waals surface area contributed by atoms with Gasteiger partial charge in [-0.15, -0.1) is 23.5 Å². The van der Waals surface area contributed by atoms with Gasteiger partial charge in [-0.1, -0.05) is 36.4 Å². The Balaban J connectivity index is 0.984. The highest BCUT2D eigenvalue weighted by Crippen LogP contribution is 2.36. The van der Waals surface area contributed by atoms with Crippen LogP contribution in [0.3, 0.4) is 0 Å². The summed E-state index contributed by atoms with van der Waals surface area (Å²) in [5.74, 6) is -1.88. The molecule has 0 bridgehead atoms. The van der Waals surface area contributed by atoms with Gasteiger partial charge in [0.15, 0.2) is 11.5 Å². The Morgan fingerprint density at radius 3 is 1.48 bits per heavy atom. The van der Waals surface area contributed by atoms with E-state index in [2.05, 4.69) is 20.6 Å². The second-order valence-corrected chi connectivity index (χ2v) is 13.9. The van der Waals surface area contributed by atoms with Crippen molar-refractivity contribution in [3.8, 4) is 11.5 Å². The third-order valence-electron chi connectivity index (χ3n) is 8.53. The van der Waals surface area contributed by atoms with E-state index >= 15 is 0 Å². The first kappa shape index (κ1) is 32.0. The van der Waals surface area contributed by atoms with E-state index in [9.17, 15) is 19.2 Å². The zero-order chi connectivity index (χ0) is 34.2. The van der Waals surface area contributed by atoms with Gasteiger partial charge in [0, 0.05) is 47.1 Å². The molecule has 2 aromatic carbocycles. The molecule has 50 heavy (non-hydrogen) atoms. The Hall–Kier alpha value is -5.28. The first-order valence-corrected chi connectivity index (χ1v) is 17.8. The van der Waals surface area contributed by atoms with E-state index in [1.807, 2.05) is 24.3 Å². The topological polar surface area (TPSA) is 146 Å². The van der Waals surface area contributed by atoms with E-state index < -0.39 is 24.0 Å². The number of carbonyl (C=O) groups excluding carboxylic acids is 4. The van der Waals surface area contributed by atoms with E-state index in [-0.39, 0.29) is 34.1 Å². The number of rotatable bonds is 6. The van der Waals surface area contributed by atoms with Crippen LogP contribution in [0.5, 0.6) is 11.5 Å². The van der Waals surface area contributed by atoms with Crippen LogP contribution in [-0.4, -0.2) is 66.4 Å². The monoisotopic (exact) mass is 704 g/mol. The minimum absolute atomic E-state index is 0.0379. The molecular weight excluding hydrogens is 677 g/mol. The van der Waals surface area contributed by atoms with Crippen molar-refractivity contribution >= 4 is 69.1 Å². The molecule has 0 spiro atoms. The van der Waals surface area contributed by atoms with Gasteiger partial charge in [-0.2, -0.15) is 0 Å². The summed E-state index contributed by atoms with van der Waals surface area (Å²) in [6, 6.07) is 20.5. The van der Waals surface area contributed by atoms with Crippen molar-refractivity contribution in [2.45, 2.75) is 22.8 Å². The predicted molar refractivity (Wildman–Crippen MR) is 189 cm³/mol. The number of thioether (sulfide) groups is 2. The zero-order valence-electron chi connectivity index (χ0n) is 26.2. The van der Waals surface area contributed by atoms with Crippen LogP contribution in [0.25, 0.3) is 21.8 Å². The Kier molecular flexibility index (Phi) is 8.66. The van der Waals surface area contributed by atoms with Crippen molar-refractivity contribution < 1.29 is 28.7 Å². The van der Waals surface area contributed by atoms with Gasteiger partial charge in [-0.25, -0.2) is 9.59 Å². The lowest BCUT2D eigenvalue weighted by molar-refractivity contribution is -0.156. The molecule has 250 valence electrons. The number of fused-ring (bicyclic) bond motifs is 2. The number of carbonyl (C=O) groups is 4. The van der Waals surface area contributed by atoms with Gasteiger partial charge in [-0.3, -0.25) is 39.3 Å². The van der Waals surface area contributed by atoms with Crippen molar-refractivity contribution in [2.24, 2.45) is 0 Å². The van der Waals surface area contributed by atoms with Gasteiger partial charge in [-0.05, 0) is 47.5 Å². The maximum absolute atomic E-state index is 13.7. The lowest BCUT2D eigenvalue weighted by atomic mass is 10.2. The Labute approximate surface area is 293 Å². The number of aromatic nitrogens is 4. The second-order valence-electron chi connectivity index (χ2n) is 11.7. The third-order valence-corrected chi connectivity index (χ3v) is 11.1. The van der Waals surface area contributed by atoms with Crippen LogP contribution in [0, 0.1) is 0 Å². The molecule has 2 aliphatic heterocycles. The van der Waals surface area contributed by atoms with Crippen LogP contribution in [0.2, 0.25) is 0 Å². The number of esters is 2. The SMILES string of the molecule is O=C(Oc1cn(C(=O)C2CSC(c3cccnc3)N2)c2ccccc12)C(=O)Oc1cn(C(=O)C2CSC(c3cccnc3)N2)c2ccccc12. The molecule has 2 N–H and O–H groups in total. The summed E-state index contributed by atoms with van der Waals surface area (Å²) in [5.41, 5.74) is 2.98. The number of nitrogens with zero attached hydrogens (tertiary/aromatic N) is 4. The summed E-state index contributed by atoms with van der Waals surface area (Å²) < 4.78 is 13.9. The molecule has 0 radical (unpaired) electrons. The smallest absolute Gasteiger partial charge is 0.416 e. The Bertz CT molecular complexity index is 2100. The van der Waals surface area contributed by atoms with E-state index in [1.165, 1.54) is 21.5 Å². The number of benzene rings is 2. The second kappa shape index (κ2) is 13.6. The molecule has 0 amide bonds. The molecular formula is C36H28N6O6S2. The molecule has 4 aromatic heterocycles. The van der Waals surface area contributed by atoms with Gasteiger partial charge in [0.1, 0.15) is 0 Å². The summed E-state index contributed by atoms with van der Waals surface area (Å²) in [6.07, 6.45) is 9.75. The molecule has 0 saturated carbocycles. The van der Waals surface area contributed by atoms with Crippen LogP contribution < -0.4 is 20.1 Å². The van der Waals surface area contributed by atoms with Crippen LogP contribution in [0.4, 0.5) is 0 Å². The van der Waals surface area contributed by atoms with Crippen LogP contribution in [-0.2, 0) is 9.59 Å². The lowest BCUT2D eigenvalue weighted by Crippen LogP contribution is -2.37. The molecule has 4 unspecified atom stereocenters. The predicted octanol–water partition coefficient (Wildman–Crippen LogP) is 4.99. The highest BCUT2D eigenvalue weighted by atomic mass is 32.2. The average Bonchev–Trinajstić information content (AvgIpc) is 3.98. The van der Waals surface area contributed by atoms with Gasteiger partial charge < -0.3 is 9.47 Å². The fourth-order valence-corrected chi connectivity index (χ4v) is 8.55. The molecule has 12 nitrogen and oxygen atoms in total. The normalized spacial score (nSPS) is 20.2. The number of hydrogen-bond acceptors (Lipinski definition) is 12. The fraction of sp³-hybridized carbons (Fsp3) is 0.167. The molecule has 2 saturated heterocycles. The molecule has 2 aliphatic rings. The van der Waals surface area contributed by atoms with Crippen molar-refractivity contribution in [1.82, 2.24) is 29.7 Å². The van der Waals surface area contributed by atoms with Crippen LogP contribution >= 0.6 is 23.5 Å². The third kappa shape index (κ3) is 6.07. The Morgan fingerprint density at radius 2 is 1.06 bits per heavy atom. The van der Waals surface area contributed by atoms with E-state index in [1.54, 1.807) is 96.8 Å². The van der Waals surface area contributed by atoms with E-state index in [0.717, 1.165) is 11.1 Å². The summed E-state index contributed by atoms with van der Waals surface area (Å²) in [4.78, 5) is 62.0. The Morgan fingerprint density at radius 1 is 0.620 bits per heavy atom. The van der Waals surface area contributed by atoms with Crippen molar-refractivity contribution in [2.75, 3.05) is 11.5 Å². The minimum Gasteiger partial charge on any atom is -0.416 e. The molecule has 4 atom stereocenters. The van der Waals surface area contributed by atoms with Crippen LogP contribution in [0.1, 0.15) is 31.5 Å².